The standard InChI is InChI=1S/C31H32ClFN2O6S/c1-3-10-34-42(37,38)27-7-4-20-15-26(16-21(20)17-27)35(19-23-13-24(32)5-8-28(23)40-12-11-39-2)31(36)30-18-22-14-25(33)6-9-29(22)41-30/h4-9,13-14,17-18,26,34H,3,10-12,15-16,19H2,1-2H3. The lowest BCUT2D eigenvalue weighted by Gasteiger charge is -2.29. The molecule has 4 aromatic rings. The van der Waals surface area contributed by atoms with E-state index in [1.165, 1.54) is 24.3 Å². The van der Waals surface area contributed by atoms with E-state index in [2.05, 4.69) is 4.72 Å². The van der Waals surface area contributed by atoms with Crippen LogP contribution in [-0.4, -0.2) is 52.1 Å². The summed E-state index contributed by atoms with van der Waals surface area (Å²) in [6.07, 6.45) is 1.63. The van der Waals surface area contributed by atoms with Crippen molar-refractivity contribution in [3.8, 4) is 5.75 Å². The fourth-order valence-corrected chi connectivity index (χ4v) is 6.52. The number of fused-ring (bicyclic) bond motifs is 2. The number of methoxy groups -OCH3 is 1. The summed E-state index contributed by atoms with van der Waals surface area (Å²) in [5.74, 6) is -0.180. The third kappa shape index (κ3) is 6.62. The highest BCUT2D eigenvalue weighted by molar-refractivity contribution is 7.89. The van der Waals surface area contributed by atoms with Gasteiger partial charge in [0.25, 0.3) is 5.91 Å². The third-order valence-electron chi connectivity index (χ3n) is 7.24. The van der Waals surface area contributed by atoms with Crippen LogP contribution in [0.1, 0.15) is 40.6 Å². The molecule has 42 heavy (non-hydrogen) atoms. The summed E-state index contributed by atoms with van der Waals surface area (Å²) >= 11 is 6.35. The number of hydrogen-bond donors (Lipinski definition) is 1. The van der Waals surface area contributed by atoms with Gasteiger partial charge >= 0.3 is 0 Å². The molecule has 5 rings (SSSR count). The van der Waals surface area contributed by atoms with Crippen LogP contribution >= 0.6 is 11.6 Å². The average Bonchev–Trinajstić information content (AvgIpc) is 3.59. The first-order chi connectivity index (χ1) is 20.2. The molecule has 0 saturated heterocycles. The molecule has 11 heteroatoms. The summed E-state index contributed by atoms with van der Waals surface area (Å²) in [6, 6.07) is 15.6. The molecule has 0 bridgehead atoms. The van der Waals surface area contributed by atoms with E-state index in [0.717, 1.165) is 11.1 Å². The second-order valence-electron chi connectivity index (χ2n) is 10.2. The zero-order valence-electron chi connectivity index (χ0n) is 23.4. The van der Waals surface area contributed by atoms with Gasteiger partial charge in [0.1, 0.15) is 23.8 Å². The number of nitrogens with zero attached hydrogens (tertiary/aromatic N) is 1. The Labute approximate surface area is 249 Å². The van der Waals surface area contributed by atoms with Gasteiger partial charge in [0, 0.05) is 35.7 Å². The summed E-state index contributed by atoms with van der Waals surface area (Å²) in [4.78, 5) is 16.0. The van der Waals surface area contributed by atoms with Crippen molar-refractivity contribution >= 4 is 38.5 Å². The number of sulfonamides is 1. The minimum atomic E-state index is -3.65. The zero-order chi connectivity index (χ0) is 29.9. The van der Waals surface area contributed by atoms with Gasteiger partial charge < -0.3 is 18.8 Å². The number of ether oxygens (including phenoxy) is 2. The number of rotatable bonds is 12. The first kappa shape index (κ1) is 30.0. The van der Waals surface area contributed by atoms with E-state index in [0.29, 0.717) is 66.3 Å². The van der Waals surface area contributed by atoms with Gasteiger partial charge in [-0.25, -0.2) is 17.5 Å². The van der Waals surface area contributed by atoms with Gasteiger partial charge in [-0.3, -0.25) is 4.79 Å². The van der Waals surface area contributed by atoms with Crippen LogP contribution < -0.4 is 9.46 Å². The van der Waals surface area contributed by atoms with Crippen molar-refractivity contribution in [1.82, 2.24) is 9.62 Å². The fraction of sp³-hybridized carbons (Fsp3) is 0.323. The lowest BCUT2D eigenvalue weighted by molar-refractivity contribution is 0.0634. The van der Waals surface area contributed by atoms with Crippen LogP contribution in [0.3, 0.4) is 0 Å². The van der Waals surface area contributed by atoms with Gasteiger partial charge in [-0.15, -0.1) is 0 Å². The normalized spacial score (nSPS) is 14.7. The van der Waals surface area contributed by atoms with Gasteiger partial charge in [-0.1, -0.05) is 24.6 Å². The van der Waals surface area contributed by atoms with Crippen molar-refractivity contribution in [3.05, 3.63) is 94.0 Å². The number of hydrogen-bond acceptors (Lipinski definition) is 6. The van der Waals surface area contributed by atoms with E-state index >= 15 is 0 Å². The number of nitrogens with one attached hydrogen (secondary N) is 1. The van der Waals surface area contributed by atoms with Crippen molar-refractivity contribution < 1.29 is 31.5 Å². The molecule has 8 nitrogen and oxygen atoms in total. The SMILES string of the molecule is CCCNS(=O)(=O)c1ccc2c(c1)CC(N(Cc1cc(Cl)ccc1OCCOC)C(=O)c1cc3cc(F)ccc3o1)C2. The van der Waals surface area contributed by atoms with Crippen molar-refractivity contribution in [2.45, 2.75) is 43.7 Å². The van der Waals surface area contributed by atoms with Crippen molar-refractivity contribution in [3.63, 3.8) is 0 Å². The van der Waals surface area contributed by atoms with E-state index in [-0.39, 0.29) is 29.1 Å². The van der Waals surface area contributed by atoms with Crippen LogP contribution in [-0.2, 0) is 34.1 Å². The first-order valence-electron chi connectivity index (χ1n) is 13.7. The minimum Gasteiger partial charge on any atom is -0.491 e. The zero-order valence-corrected chi connectivity index (χ0v) is 24.9. The number of carbonyl (C=O) groups excluding carboxylic acids is 1. The molecule has 1 unspecified atom stereocenters. The predicted molar refractivity (Wildman–Crippen MR) is 158 cm³/mol. The summed E-state index contributed by atoms with van der Waals surface area (Å²) in [7, 11) is -2.06. The number of amides is 1. The molecule has 1 amide bonds. The van der Waals surface area contributed by atoms with Crippen LogP contribution in [0.15, 0.2) is 70.0 Å². The van der Waals surface area contributed by atoms with Crippen LogP contribution in [0.5, 0.6) is 5.75 Å². The van der Waals surface area contributed by atoms with Crippen LogP contribution in [0, 0.1) is 5.82 Å². The molecule has 222 valence electrons. The molecule has 0 spiro atoms. The molecule has 0 fully saturated rings. The summed E-state index contributed by atoms with van der Waals surface area (Å²) in [5.41, 5.74) is 2.90. The van der Waals surface area contributed by atoms with Crippen molar-refractivity contribution in [2.75, 3.05) is 26.9 Å². The monoisotopic (exact) mass is 614 g/mol. The molecule has 1 aliphatic rings. The highest BCUT2D eigenvalue weighted by Gasteiger charge is 2.33. The molecule has 1 aromatic heterocycles. The Morgan fingerprint density at radius 1 is 1.07 bits per heavy atom. The molecular formula is C31H32ClFN2O6S. The minimum absolute atomic E-state index is 0.0717. The lowest BCUT2D eigenvalue weighted by atomic mass is 10.1. The Bertz CT molecular complexity index is 1710. The molecule has 0 aliphatic heterocycles. The first-order valence-corrected chi connectivity index (χ1v) is 15.6. The lowest BCUT2D eigenvalue weighted by Crippen LogP contribution is -2.40. The summed E-state index contributed by atoms with van der Waals surface area (Å²) in [5, 5.41) is 0.966. The molecule has 1 heterocycles. The Hall–Kier alpha value is -3.44. The van der Waals surface area contributed by atoms with Crippen molar-refractivity contribution in [2.24, 2.45) is 0 Å². The smallest absolute Gasteiger partial charge is 0.290 e. The van der Waals surface area contributed by atoms with Crippen molar-refractivity contribution in [1.29, 1.82) is 0 Å². The molecule has 3 aromatic carbocycles. The van der Waals surface area contributed by atoms with Gasteiger partial charge in [-0.05, 0) is 85.0 Å². The number of benzene rings is 3. The van der Waals surface area contributed by atoms with Gasteiger partial charge in [0.15, 0.2) is 5.76 Å². The second-order valence-corrected chi connectivity index (χ2v) is 12.4. The molecule has 1 atom stereocenters. The van der Waals surface area contributed by atoms with Crippen LogP contribution in [0.2, 0.25) is 5.02 Å². The van der Waals surface area contributed by atoms with E-state index in [1.54, 1.807) is 48.4 Å². The summed E-state index contributed by atoms with van der Waals surface area (Å²) in [6.45, 7) is 3.09. The van der Waals surface area contributed by atoms with E-state index < -0.39 is 15.8 Å². The third-order valence-corrected chi connectivity index (χ3v) is 8.93. The maximum Gasteiger partial charge on any atom is 0.290 e. The number of furan rings is 1. The molecule has 0 saturated carbocycles. The van der Waals surface area contributed by atoms with E-state index in [4.69, 9.17) is 25.5 Å². The predicted octanol–water partition coefficient (Wildman–Crippen LogP) is 5.75. The Morgan fingerprint density at radius 3 is 2.67 bits per heavy atom. The maximum absolute atomic E-state index is 14.1. The molecule has 1 aliphatic carbocycles. The summed E-state index contributed by atoms with van der Waals surface area (Å²) < 4.78 is 58.9. The topological polar surface area (TPSA) is 98.1 Å². The van der Waals surface area contributed by atoms with Gasteiger partial charge in [0.05, 0.1) is 18.0 Å². The largest absolute Gasteiger partial charge is 0.491 e. The Morgan fingerprint density at radius 2 is 1.88 bits per heavy atom. The maximum atomic E-state index is 14.1. The van der Waals surface area contributed by atoms with Gasteiger partial charge in [-0.2, -0.15) is 0 Å². The Balaban J connectivity index is 1.49. The fourth-order valence-electron chi connectivity index (χ4n) is 5.14. The second kappa shape index (κ2) is 12.8. The van der Waals surface area contributed by atoms with E-state index in [1.807, 2.05) is 6.92 Å². The van der Waals surface area contributed by atoms with Crippen LogP contribution in [0.25, 0.3) is 11.0 Å². The van der Waals surface area contributed by atoms with Crippen LogP contribution in [0.4, 0.5) is 4.39 Å². The van der Waals surface area contributed by atoms with Gasteiger partial charge in [0.2, 0.25) is 10.0 Å². The Kier molecular flexibility index (Phi) is 9.17. The highest BCUT2D eigenvalue weighted by atomic mass is 35.5. The molecule has 1 N–H and O–H groups in total. The van der Waals surface area contributed by atoms with E-state index in [9.17, 15) is 17.6 Å². The molecule has 0 radical (unpaired) electrons. The quantitative estimate of drug-likeness (QED) is 0.204. The number of halogens is 2. The highest BCUT2D eigenvalue weighted by Crippen LogP contribution is 2.33. The number of carbonyl (C=O) groups is 1. The average molecular weight is 615 g/mol. The molecular weight excluding hydrogens is 583 g/mol.